The van der Waals surface area contributed by atoms with Gasteiger partial charge in [-0.15, -0.1) is 11.6 Å². The monoisotopic (exact) mass is 148 g/mol. The first kappa shape index (κ1) is 9.25. The molecule has 0 rings (SSSR count). The maximum atomic E-state index is 5.41. The van der Waals surface area contributed by atoms with Crippen LogP contribution in [-0.2, 0) is 0 Å². The van der Waals surface area contributed by atoms with Gasteiger partial charge in [-0.05, 0) is 26.1 Å². The molecule has 0 aromatic rings. The van der Waals surface area contributed by atoms with Crippen molar-refractivity contribution >= 4 is 11.6 Å². The molecule has 0 aliphatic heterocycles. The number of hydrogen-bond acceptors (Lipinski definition) is 1. The van der Waals surface area contributed by atoms with Crippen molar-refractivity contribution in [1.29, 1.82) is 0 Å². The van der Waals surface area contributed by atoms with Crippen molar-refractivity contribution in [2.24, 2.45) is 0 Å². The van der Waals surface area contributed by atoms with Crippen LogP contribution < -0.4 is 0 Å². The fourth-order valence-corrected chi connectivity index (χ4v) is 0.869. The summed E-state index contributed by atoms with van der Waals surface area (Å²) < 4.78 is 0. The van der Waals surface area contributed by atoms with E-state index in [4.69, 9.17) is 11.6 Å². The molecule has 0 aromatic carbocycles. The van der Waals surface area contributed by atoms with Crippen LogP contribution in [0.1, 0.15) is 20.3 Å². The van der Waals surface area contributed by atoms with Gasteiger partial charge in [0.05, 0.1) is 5.88 Å². The average Bonchev–Trinajstić information content (AvgIpc) is 1.91. The molecule has 0 amide bonds. The van der Waals surface area contributed by atoms with Crippen molar-refractivity contribution in [2.45, 2.75) is 20.3 Å². The van der Waals surface area contributed by atoms with Gasteiger partial charge in [-0.1, -0.05) is 13.8 Å². The minimum atomic E-state index is 0.989. The van der Waals surface area contributed by atoms with Crippen LogP contribution in [0, 0.1) is 5.88 Å². The SMILES string of the molecule is CCN(CC)CC[CH]Cl. The van der Waals surface area contributed by atoms with E-state index in [-0.39, 0.29) is 0 Å². The van der Waals surface area contributed by atoms with Gasteiger partial charge in [-0.2, -0.15) is 0 Å². The Labute approximate surface area is 63.0 Å². The van der Waals surface area contributed by atoms with Gasteiger partial charge in [0.15, 0.2) is 0 Å². The molecular formula is C7H15ClN. The van der Waals surface area contributed by atoms with Gasteiger partial charge in [0.1, 0.15) is 0 Å². The first-order valence-corrected chi connectivity index (χ1v) is 3.93. The van der Waals surface area contributed by atoms with E-state index < -0.39 is 0 Å². The molecule has 0 spiro atoms. The van der Waals surface area contributed by atoms with Crippen molar-refractivity contribution in [1.82, 2.24) is 4.90 Å². The second-order valence-corrected chi connectivity index (χ2v) is 2.28. The third-order valence-corrected chi connectivity index (χ3v) is 1.67. The van der Waals surface area contributed by atoms with Crippen molar-refractivity contribution < 1.29 is 0 Å². The van der Waals surface area contributed by atoms with E-state index >= 15 is 0 Å². The Morgan fingerprint density at radius 3 is 2.22 bits per heavy atom. The molecule has 1 nitrogen and oxygen atoms in total. The molecule has 0 heterocycles. The zero-order chi connectivity index (χ0) is 7.11. The molecule has 55 valence electrons. The highest BCUT2D eigenvalue weighted by Crippen LogP contribution is 1.95. The average molecular weight is 149 g/mol. The van der Waals surface area contributed by atoms with E-state index in [1.165, 1.54) is 0 Å². The maximum absolute atomic E-state index is 5.41. The van der Waals surface area contributed by atoms with E-state index in [1.807, 2.05) is 0 Å². The Balaban J connectivity index is 3.09. The van der Waals surface area contributed by atoms with Gasteiger partial charge in [-0.25, -0.2) is 0 Å². The van der Waals surface area contributed by atoms with E-state index in [1.54, 1.807) is 5.88 Å². The standard InChI is InChI=1S/C7H15ClN/c1-3-9(4-2)7-5-6-8/h6H,3-5,7H2,1-2H3. The summed E-state index contributed by atoms with van der Waals surface area (Å²) in [7, 11) is 0. The van der Waals surface area contributed by atoms with Crippen LogP contribution in [0.5, 0.6) is 0 Å². The third-order valence-electron chi connectivity index (χ3n) is 1.45. The predicted octanol–water partition coefficient (Wildman–Crippen LogP) is 2.12. The van der Waals surface area contributed by atoms with Crippen LogP contribution in [0.4, 0.5) is 0 Å². The van der Waals surface area contributed by atoms with Crippen molar-refractivity contribution in [3.05, 3.63) is 5.88 Å². The normalized spacial score (nSPS) is 10.7. The van der Waals surface area contributed by atoms with Crippen LogP contribution in [0.3, 0.4) is 0 Å². The molecule has 0 aliphatic rings. The minimum absolute atomic E-state index is 0.989. The van der Waals surface area contributed by atoms with Crippen LogP contribution in [0.2, 0.25) is 0 Å². The van der Waals surface area contributed by atoms with Crippen LogP contribution in [0.15, 0.2) is 0 Å². The summed E-state index contributed by atoms with van der Waals surface area (Å²) in [6, 6.07) is 0. The van der Waals surface area contributed by atoms with Crippen LogP contribution >= 0.6 is 11.6 Å². The van der Waals surface area contributed by atoms with Crippen molar-refractivity contribution in [2.75, 3.05) is 19.6 Å². The van der Waals surface area contributed by atoms with E-state index in [0.29, 0.717) is 0 Å². The Kier molecular flexibility index (Phi) is 6.55. The second kappa shape index (κ2) is 6.37. The largest absolute Gasteiger partial charge is 0.304 e. The Morgan fingerprint density at radius 2 is 1.89 bits per heavy atom. The van der Waals surface area contributed by atoms with E-state index in [0.717, 1.165) is 26.1 Å². The predicted molar refractivity (Wildman–Crippen MR) is 42.6 cm³/mol. The van der Waals surface area contributed by atoms with Gasteiger partial charge >= 0.3 is 0 Å². The zero-order valence-electron chi connectivity index (χ0n) is 6.23. The summed E-state index contributed by atoms with van der Waals surface area (Å²) in [5.74, 6) is 1.69. The van der Waals surface area contributed by atoms with E-state index in [2.05, 4.69) is 18.7 Å². The Bertz CT molecular complexity index is 52.9. The molecule has 0 N–H and O–H groups in total. The molecule has 0 fully saturated rings. The summed E-state index contributed by atoms with van der Waals surface area (Å²) >= 11 is 5.41. The summed E-state index contributed by atoms with van der Waals surface area (Å²) in [4.78, 5) is 2.35. The molecular weight excluding hydrogens is 134 g/mol. The number of nitrogens with zero attached hydrogens (tertiary/aromatic N) is 1. The van der Waals surface area contributed by atoms with Gasteiger partial charge in [-0.3, -0.25) is 0 Å². The molecule has 1 radical (unpaired) electrons. The number of rotatable bonds is 5. The van der Waals surface area contributed by atoms with Crippen LogP contribution in [-0.4, -0.2) is 24.5 Å². The molecule has 9 heavy (non-hydrogen) atoms. The fraction of sp³-hybridized carbons (Fsp3) is 0.857. The number of halogens is 1. The Morgan fingerprint density at radius 1 is 1.33 bits per heavy atom. The topological polar surface area (TPSA) is 3.24 Å². The summed E-state index contributed by atoms with van der Waals surface area (Å²) in [5.41, 5.74) is 0. The van der Waals surface area contributed by atoms with Crippen LogP contribution in [0.25, 0.3) is 0 Å². The molecule has 0 bridgehead atoms. The highest BCUT2D eigenvalue weighted by molar-refractivity contribution is 6.23. The molecule has 0 aromatic heterocycles. The summed E-state index contributed by atoms with van der Waals surface area (Å²) in [5, 5.41) is 0. The lowest BCUT2D eigenvalue weighted by atomic mass is 10.4. The van der Waals surface area contributed by atoms with Crippen molar-refractivity contribution in [3.63, 3.8) is 0 Å². The first-order valence-electron chi connectivity index (χ1n) is 3.49. The van der Waals surface area contributed by atoms with E-state index in [9.17, 15) is 0 Å². The summed E-state index contributed by atoms with van der Waals surface area (Å²) in [6.45, 7) is 7.68. The quantitative estimate of drug-likeness (QED) is 0.578. The van der Waals surface area contributed by atoms with Gasteiger partial charge in [0.2, 0.25) is 0 Å². The van der Waals surface area contributed by atoms with Crippen molar-refractivity contribution in [3.8, 4) is 0 Å². The van der Waals surface area contributed by atoms with Gasteiger partial charge in [0.25, 0.3) is 0 Å². The zero-order valence-corrected chi connectivity index (χ0v) is 6.99. The molecule has 2 heteroatoms. The molecule has 0 saturated carbocycles. The molecule has 0 atom stereocenters. The molecule has 0 saturated heterocycles. The maximum Gasteiger partial charge on any atom is 0.0512 e. The Hall–Kier alpha value is 0.250. The lowest BCUT2D eigenvalue weighted by Gasteiger charge is -2.16. The molecule has 0 unspecified atom stereocenters. The summed E-state index contributed by atoms with van der Waals surface area (Å²) in [6.07, 6.45) is 0.989. The minimum Gasteiger partial charge on any atom is -0.304 e. The smallest absolute Gasteiger partial charge is 0.0512 e. The third kappa shape index (κ3) is 4.73. The number of hydrogen-bond donors (Lipinski definition) is 0. The lowest BCUT2D eigenvalue weighted by molar-refractivity contribution is 0.309. The molecule has 0 aliphatic carbocycles. The first-order chi connectivity index (χ1) is 4.35. The fourth-order valence-electron chi connectivity index (χ4n) is 0.771. The highest BCUT2D eigenvalue weighted by atomic mass is 35.5. The van der Waals surface area contributed by atoms with Gasteiger partial charge < -0.3 is 4.90 Å². The van der Waals surface area contributed by atoms with Gasteiger partial charge in [0, 0.05) is 0 Å². The lowest BCUT2D eigenvalue weighted by Crippen LogP contribution is -2.23. The second-order valence-electron chi connectivity index (χ2n) is 1.97. The highest BCUT2D eigenvalue weighted by Gasteiger charge is 1.95.